The van der Waals surface area contributed by atoms with Gasteiger partial charge in [-0.15, -0.1) is 0 Å². The summed E-state index contributed by atoms with van der Waals surface area (Å²) in [5, 5.41) is 11.7. The molecule has 2 aromatic heterocycles. The fourth-order valence-electron chi connectivity index (χ4n) is 3.13. The Morgan fingerprint density at radius 3 is 2.68 bits per heavy atom. The zero-order chi connectivity index (χ0) is 21.6. The minimum Gasteiger partial charge on any atom is -0.379 e. The first-order valence-electron chi connectivity index (χ1n) is 10.3. The van der Waals surface area contributed by atoms with Gasteiger partial charge < -0.3 is 15.4 Å². The summed E-state index contributed by atoms with van der Waals surface area (Å²) in [6, 6.07) is 16.0. The molecule has 0 amide bonds. The Morgan fingerprint density at radius 2 is 1.90 bits per heavy atom. The molecule has 0 saturated heterocycles. The number of hydrogen-bond donors (Lipinski definition) is 2. The van der Waals surface area contributed by atoms with Crippen LogP contribution < -0.4 is 10.6 Å². The molecule has 2 aromatic carbocycles. The highest BCUT2D eigenvalue weighted by Gasteiger charge is 2.14. The van der Waals surface area contributed by atoms with Crippen LogP contribution in [0.25, 0.3) is 16.7 Å². The second kappa shape index (κ2) is 9.53. The average Bonchev–Trinajstić information content (AvgIpc) is 3.18. The average molecular weight is 420 g/mol. The molecule has 0 aliphatic rings. The summed E-state index contributed by atoms with van der Waals surface area (Å²) in [5.74, 6) is 0.700. The van der Waals surface area contributed by atoms with E-state index in [1.165, 1.54) is 12.1 Å². The predicted octanol–water partition coefficient (Wildman–Crippen LogP) is 4.93. The van der Waals surface area contributed by atoms with E-state index in [0.29, 0.717) is 36.3 Å². The molecule has 4 aromatic rings. The molecule has 4 rings (SSSR count). The van der Waals surface area contributed by atoms with Crippen LogP contribution >= 0.6 is 0 Å². The quantitative estimate of drug-likeness (QED) is 0.374. The number of rotatable bonds is 9. The molecule has 0 saturated carbocycles. The van der Waals surface area contributed by atoms with Gasteiger partial charge in [-0.25, -0.2) is 9.07 Å². The first-order valence-corrected chi connectivity index (χ1v) is 10.3. The zero-order valence-corrected chi connectivity index (χ0v) is 17.5. The van der Waals surface area contributed by atoms with Crippen molar-refractivity contribution in [2.45, 2.75) is 26.4 Å². The van der Waals surface area contributed by atoms with E-state index in [1.807, 2.05) is 44.2 Å². The van der Waals surface area contributed by atoms with Gasteiger partial charge in [0.25, 0.3) is 0 Å². The maximum Gasteiger partial charge on any atom is 0.226 e. The molecule has 2 N–H and O–H groups in total. The normalized spacial score (nSPS) is 11.2. The van der Waals surface area contributed by atoms with E-state index in [1.54, 1.807) is 23.0 Å². The highest BCUT2D eigenvalue weighted by molar-refractivity contribution is 5.90. The van der Waals surface area contributed by atoms with Gasteiger partial charge >= 0.3 is 0 Å². The van der Waals surface area contributed by atoms with Gasteiger partial charge in [0.15, 0.2) is 5.65 Å². The molecule has 0 aliphatic heterocycles. The van der Waals surface area contributed by atoms with Gasteiger partial charge in [-0.3, -0.25) is 0 Å². The molecule has 7 nitrogen and oxygen atoms in total. The van der Waals surface area contributed by atoms with Gasteiger partial charge in [-0.2, -0.15) is 15.1 Å². The largest absolute Gasteiger partial charge is 0.379 e. The van der Waals surface area contributed by atoms with E-state index in [9.17, 15) is 4.39 Å². The lowest BCUT2D eigenvalue weighted by Gasteiger charge is -2.12. The van der Waals surface area contributed by atoms with Crippen molar-refractivity contribution < 1.29 is 9.13 Å². The molecule has 0 radical (unpaired) electrons. The van der Waals surface area contributed by atoms with Crippen molar-refractivity contribution in [3.8, 4) is 5.69 Å². The minimum absolute atomic E-state index is 0.204. The molecular weight excluding hydrogens is 395 g/mol. The SMILES string of the molecule is CC(C)OCCCNc1nc(Nc2cccc(F)c2)c2cnn(-c3ccccc3)c2n1. The Balaban J connectivity index is 1.66. The lowest BCUT2D eigenvalue weighted by molar-refractivity contribution is 0.0787. The van der Waals surface area contributed by atoms with Gasteiger partial charge in [-0.1, -0.05) is 24.3 Å². The van der Waals surface area contributed by atoms with Gasteiger partial charge in [-0.05, 0) is 50.6 Å². The van der Waals surface area contributed by atoms with Crippen LogP contribution in [0, 0.1) is 5.82 Å². The molecule has 0 spiro atoms. The number of hydrogen-bond acceptors (Lipinski definition) is 6. The summed E-state index contributed by atoms with van der Waals surface area (Å²) < 4.78 is 21.0. The van der Waals surface area contributed by atoms with Gasteiger partial charge in [0.05, 0.1) is 23.4 Å². The van der Waals surface area contributed by atoms with Crippen LogP contribution in [-0.4, -0.2) is 39.0 Å². The van der Waals surface area contributed by atoms with Crippen LogP contribution in [0.5, 0.6) is 0 Å². The smallest absolute Gasteiger partial charge is 0.226 e. The Kier molecular flexibility index (Phi) is 6.37. The standard InChI is InChI=1S/C23H25FN6O/c1-16(2)31-13-7-12-25-23-28-21(27-18-9-6-8-17(24)14-18)20-15-26-30(22(20)29-23)19-10-4-3-5-11-19/h3-6,8-11,14-16H,7,12-13H2,1-2H3,(H2,25,27,28,29). The van der Waals surface area contributed by atoms with Gasteiger partial charge in [0.1, 0.15) is 11.6 Å². The zero-order valence-electron chi connectivity index (χ0n) is 17.5. The van der Waals surface area contributed by atoms with Crippen molar-refractivity contribution in [1.82, 2.24) is 19.7 Å². The maximum absolute atomic E-state index is 13.7. The van der Waals surface area contributed by atoms with Gasteiger partial charge in [0.2, 0.25) is 5.95 Å². The van der Waals surface area contributed by atoms with Crippen molar-refractivity contribution in [2.24, 2.45) is 0 Å². The number of aromatic nitrogens is 4. The molecule has 31 heavy (non-hydrogen) atoms. The van der Waals surface area contributed by atoms with E-state index >= 15 is 0 Å². The first-order chi connectivity index (χ1) is 15.1. The van der Waals surface area contributed by atoms with E-state index in [2.05, 4.69) is 25.7 Å². The summed E-state index contributed by atoms with van der Waals surface area (Å²) in [6.45, 7) is 5.35. The third-order valence-corrected chi connectivity index (χ3v) is 4.57. The minimum atomic E-state index is -0.321. The van der Waals surface area contributed by atoms with Crippen molar-refractivity contribution >= 4 is 28.5 Å². The van der Waals surface area contributed by atoms with Crippen molar-refractivity contribution in [1.29, 1.82) is 0 Å². The number of fused-ring (bicyclic) bond motifs is 1. The first kappa shape index (κ1) is 20.7. The third kappa shape index (κ3) is 5.16. The van der Waals surface area contributed by atoms with Crippen molar-refractivity contribution in [3.05, 3.63) is 66.6 Å². The Morgan fingerprint density at radius 1 is 1.06 bits per heavy atom. The summed E-state index contributed by atoms with van der Waals surface area (Å²) in [5.41, 5.74) is 2.15. The molecule has 0 fully saturated rings. The highest BCUT2D eigenvalue weighted by atomic mass is 19.1. The number of para-hydroxylation sites is 1. The van der Waals surface area contributed by atoms with Crippen molar-refractivity contribution in [3.63, 3.8) is 0 Å². The molecule has 0 aliphatic carbocycles. The molecule has 160 valence electrons. The van der Waals surface area contributed by atoms with Crippen LogP contribution in [0.3, 0.4) is 0 Å². The number of nitrogens with one attached hydrogen (secondary N) is 2. The van der Waals surface area contributed by atoms with Gasteiger partial charge in [0, 0.05) is 18.8 Å². The Bertz CT molecular complexity index is 1150. The molecular formula is C23H25FN6O. The van der Waals surface area contributed by atoms with Crippen LogP contribution in [0.4, 0.5) is 21.8 Å². The lowest BCUT2D eigenvalue weighted by atomic mass is 10.3. The van der Waals surface area contributed by atoms with E-state index < -0.39 is 0 Å². The predicted molar refractivity (Wildman–Crippen MR) is 121 cm³/mol. The molecule has 2 heterocycles. The third-order valence-electron chi connectivity index (χ3n) is 4.57. The van der Waals surface area contributed by atoms with E-state index in [0.717, 1.165) is 17.5 Å². The van der Waals surface area contributed by atoms with E-state index in [-0.39, 0.29) is 11.9 Å². The topological polar surface area (TPSA) is 76.9 Å². The number of benzene rings is 2. The fourth-order valence-corrected chi connectivity index (χ4v) is 3.13. The number of anilines is 3. The van der Waals surface area contributed by atoms with Crippen LogP contribution in [0.1, 0.15) is 20.3 Å². The number of nitrogens with zero attached hydrogens (tertiary/aromatic N) is 4. The number of halogens is 1. The second-order valence-corrected chi connectivity index (χ2v) is 7.36. The lowest BCUT2D eigenvalue weighted by Crippen LogP contribution is -2.12. The molecule has 8 heteroatoms. The Hall–Kier alpha value is -3.52. The molecule has 0 unspecified atom stereocenters. The summed E-state index contributed by atoms with van der Waals surface area (Å²) in [4.78, 5) is 9.30. The molecule has 0 bridgehead atoms. The number of ether oxygens (including phenoxy) is 1. The van der Waals surface area contributed by atoms with E-state index in [4.69, 9.17) is 4.74 Å². The molecule has 0 atom stereocenters. The monoisotopic (exact) mass is 420 g/mol. The summed E-state index contributed by atoms with van der Waals surface area (Å²) in [7, 11) is 0. The van der Waals surface area contributed by atoms with Crippen LogP contribution in [0.15, 0.2) is 60.8 Å². The van der Waals surface area contributed by atoms with Crippen molar-refractivity contribution in [2.75, 3.05) is 23.8 Å². The van der Waals surface area contributed by atoms with Crippen LogP contribution in [0.2, 0.25) is 0 Å². The summed E-state index contributed by atoms with van der Waals surface area (Å²) >= 11 is 0. The van der Waals surface area contributed by atoms with Crippen LogP contribution in [-0.2, 0) is 4.74 Å². The highest BCUT2D eigenvalue weighted by Crippen LogP contribution is 2.27. The maximum atomic E-state index is 13.7. The summed E-state index contributed by atoms with van der Waals surface area (Å²) in [6.07, 6.45) is 2.74. The second-order valence-electron chi connectivity index (χ2n) is 7.36. The fraction of sp³-hybridized carbons (Fsp3) is 0.261. The Labute approximate surface area is 180 Å².